The lowest BCUT2D eigenvalue weighted by molar-refractivity contribution is 0.0947. The molecule has 0 heterocycles. The second-order valence-corrected chi connectivity index (χ2v) is 5.01. The molecule has 0 spiro atoms. The van der Waals surface area contributed by atoms with Crippen molar-refractivity contribution in [1.29, 1.82) is 0 Å². The number of benzene rings is 2. The fraction of sp³-hybridized carbons (Fsp3) is 0.0714. The van der Waals surface area contributed by atoms with E-state index in [1.54, 1.807) is 6.07 Å². The van der Waals surface area contributed by atoms with E-state index in [9.17, 15) is 13.6 Å². The minimum atomic E-state index is -0.694. The summed E-state index contributed by atoms with van der Waals surface area (Å²) in [5.74, 6) is -1.68. The molecule has 3 nitrogen and oxygen atoms in total. The Morgan fingerprint density at radius 1 is 1.20 bits per heavy atom. The first-order valence-corrected chi connectivity index (χ1v) is 6.54. The molecule has 1 amide bonds. The van der Waals surface area contributed by atoms with Gasteiger partial charge in [0, 0.05) is 16.7 Å². The summed E-state index contributed by atoms with van der Waals surface area (Å²) < 4.78 is 27.3. The number of rotatable bonds is 3. The van der Waals surface area contributed by atoms with Gasteiger partial charge in [0.2, 0.25) is 0 Å². The lowest BCUT2D eigenvalue weighted by Gasteiger charge is -2.08. The average Bonchev–Trinajstić information content (AvgIpc) is 2.39. The van der Waals surface area contributed by atoms with Crippen molar-refractivity contribution in [3.8, 4) is 0 Å². The minimum Gasteiger partial charge on any atom is -0.399 e. The smallest absolute Gasteiger partial charge is 0.254 e. The van der Waals surface area contributed by atoms with Crippen LogP contribution in [0.1, 0.15) is 15.9 Å². The van der Waals surface area contributed by atoms with Crippen molar-refractivity contribution in [3.05, 3.63) is 63.6 Å². The second-order valence-electron chi connectivity index (χ2n) is 4.16. The topological polar surface area (TPSA) is 55.1 Å². The molecule has 2 rings (SSSR count). The molecule has 0 radical (unpaired) electrons. The lowest BCUT2D eigenvalue weighted by Crippen LogP contribution is -2.24. The van der Waals surface area contributed by atoms with Crippen LogP contribution in [0.5, 0.6) is 0 Å². The Morgan fingerprint density at radius 3 is 2.65 bits per heavy atom. The Labute approximate surface area is 122 Å². The summed E-state index contributed by atoms with van der Waals surface area (Å²) in [6.45, 7) is 0.0843. The normalized spacial score (nSPS) is 10.3. The van der Waals surface area contributed by atoms with E-state index in [0.717, 1.165) is 6.07 Å². The molecule has 3 N–H and O–H groups in total. The molecular formula is C14H11BrF2N2O. The number of nitrogen functional groups attached to an aromatic ring is 1. The highest BCUT2D eigenvalue weighted by Crippen LogP contribution is 2.18. The predicted molar refractivity (Wildman–Crippen MR) is 76.1 cm³/mol. The van der Waals surface area contributed by atoms with Gasteiger partial charge in [-0.25, -0.2) is 8.78 Å². The SMILES string of the molecule is Nc1ccc(C(=O)NCc2cc(F)ccc2Br)c(F)c1. The van der Waals surface area contributed by atoms with Gasteiger partial charge >= 0.3 is 0 Å². The number of hydrogen-bond donors (Lipinski definition) is 2. The molecule has 0 fully saturated rings. The summed E-state index contributed by atoms with van der Waals surface area (Å²) in [5.41, 5.74) is 6.11. The molecule has 0 saturated heterocycles. The first kappa shape index (κ1) is 14.5. The summed E-state index contributed by atoms with van der Waals surface area (Å²) in [6, 6.07) is 7.96. The van der Waals surface area contributed by atoms with Gasteiger partial charge in [-0.05, 0) is 42.0 Å². The molecule has 6 heteroatoms. The molecule has 0 unspecified atom stereocenters. The number of anilines is 1. The van der Waals surface area contributed by atoms with Crippen LogP contribution in [0.25, 0.3) is 0 Å². The highest BCUT2D eigenvalue weighted by atomic mass is 79.9. The number of nitrogens with one attached hydrogen (secondary N) is 1. The summed E-state index contributed by atoms with van der Waals surface area (Å²) in [5, 5.41) is 2.53. The van der Waals surface area contributed by atoms with Gasteiger partial charge in [0.1, 0.15) is 11.6 Å². The Balaban J connectivity index is 2.10. The number of nitrogens with two attached hydrogens (primary N) is 1. The third kappa shape index (κ3) is 3.33. The van der Waals surface area contributed by atoms with Crippen molar-refractivity contribution in [2.75, 3.05) is 5.73 Å². The molecule has 0 aliphatic heterocycles. The summed E-state index contributed by atoms with van der Waals surface area (Å²) in [4.78, 5) is 11.8. The number of carbonyl (C=O) groups is 1. The van der Waals surface area contributed by atoms with Crippen molar-refractivity contribution < 1.29 is 13.6 Å². The van der Waals surface area contributed by atoms with Gasteiger partial charge in [0.05, 0.1) is 5.56 Å². The number of amides is 1. The molecule has 0 saturated carbocycles. The maximum atomic E-state index is 13.6. The molecule has 0 aliphatic rings. The summed E-state index contributed by atoms with van der Waals surface area (Å²) in [7, 11) is 0. The standard InChI is InChI=1S/C14H11BrF2N2O/c15-12-4-1-9(16)5-8(12)7-19-14(20)11-3-2-10(18)6-13(11)17/h1-6H,7,18H2,(H,19,20). The van der Waals surface area contributed by atoms with Crippen LogP contribution < -0.4 is 11.1 Å². The van der Waals surface area contributed by atoms with E-state index in [0.29, 0.717) is 10.0 Å². The van der Waals surface area contributed by atoms with Gasteiger partial charge < -0.3 is 11.1 Å². The van der Waals surface area contributed by atoms with E-state index >= 15 is 0 Å². The lowest BCUT2D eigenvalue weighted by atomic mass is 10.1. The average molecular weight is 341 g/mol. The molecular weight excluding hydrogens is 330 g/mol. The van der Waals surface area contributed by atoms with Gasteiger partial charge in [-0.15, -0.1) is 0 Å². The zero-order chi connectivity index (χ0) is 14.7. The fourth-order valence-electron chi connectivity index (χ4n) is 1.67. The highest BCUT2D eigenvalue weighted by molar-refractivity contribution is 9.10. The van der Waals surface area contributed by atoms with E-state index < -0.39 is 17.5 Å². The number of carbonyl (C=O) groups excluding carboxylic acids is 1. The maximum Gasteiger partial charge on any atom is 0.254 e. The van der Waals surface area contributed by atoms with E-state index in [1.807, 2.05) is 0 Å². The molecule has 2 aromatic rings. The van der Waals surface area contributed by atoms with Crippen LogP contribution in [-0.2, 0) is 6.54 Å². The predicted octanol–water partition coefficient (Wildman–Crippen LogP) is 3.24. The van der Waals surface area contributed by atoms with Crippen molar-refractivity contribution in [2.24, 2.45) is 0 Å². The van der Waals surface area contributed by atoms with Gasteiger partial charge in [-0.2, -0.15) is 0 Å². The molecule has 20 heavy (non-hydrogen) atoms. The van der Waals surface area contributed by atoms with E-state index in [-0.39, 0.29) is 17.8 Å². The van der Waals surface area contributed by atoms with Crippen LogP contribution in [0.3, 0.4) is 0 Å². The van der Waals surface area contributed by atoms with Crippen LogP contribution in [-0.4, -0.2) is 5.91 Å². The highest BCUT2D eigenvalue weighted by Gasteiger charge is 2.12. The second kappa shape index (κ2) is 6.00. The zero-order valence-corrected chi connectivity index (χ0v) is 11.9. The quantitative estimate of drug-likeness (QED) is 0.842. The summed E-state index contributed by atoms with van der Waals surface area (Å²) >= 11 is 3.25. The van der Waals surface area contributed by atoms with Gasteiger partial charge in [-0.3, -0.25) is 4.79 Å². The summed E-state index contributed by atoms with van der Waals surface area (Å²) in [6.07, 6.45) is 0. The first-order valence-electron chi connectivity index (χ1n) is 5.74. The van der Waals surface area contributed by atoms with Crippen molar-refractivity contribution in [1.82, 2.24) is 5.32 Å². The number of hydrogen-bond acceptors (Lipinski definition) is 2. The molecule has 2 aromatic carbocycles. The van der Waals surface area contributed by atoms with E-state index in [1.165, 1.54) is 24.3 Å². The third-order valence-electron chi connectivity index (χ3n) is 2.68. The molecule has 0 bridgehead atoms. The Morgan fingerprint density at radius 2 is 1.95 bits per heavy atom. The van der Waals surface area contributed by atoms with Gasteiger partial charge in [-0.1, -0.05) is 15.9 Å². The van der Waals surface area contributed by atoms with E-state index in [4.69, 9.17) is 5.73 Å². The van der Waals surface area contributed by atoms with E-state index in [2.05, 4.69) is 21.2 Å². The number of halogens is 3. The molecule has 104 valence electrons. The molecule has 0 atom stereocenters. The van der Waals surface area contributed by atoms with Gasteiger partial charge in [0.25, 0.3) is 5.91 Å². The monoisotopic (exact) mass is 340 g/mol. The largest absolute Gasteiger partial charge is 0.399 e. The first-order chi connectivity index (χ1) is 9.47. The molecule has 0 aliphatic carbocycles. The van der Waals surface area contributed by atoms with Crippen molar-refractivity contribution in [2.45, 2.75) is 6.54 Å². The Kier molecular flexibility index (Phi) is 4.34. The molecule has 0 aromatic heterocycles. The zero-order valence-electron chi connectivity index (χ0n) is 10.3. The van der Waals surface area contributed by atoms with Crippen LogP contribution in [0.15, 0.2) is 40.9 Å². The fourth-order valence-corrected chi connectivity index (χ4v) is 2.05. The van der Waals surface area contributed by atoms with Crippen molar-refractivity contribution in [3.63, 3.8) is 0 Å². The van der Waals surface area contributed by atoms with Crippen molar-refractivity contribution >= 4 is 27.5 Å². The third-order valence-corrected chi connectivity index (χ3v) is 3.46. The van der Waals surface area contributed by atoms with Crippen LogP contribution in [0.4, 0.5) is 14.5 Å². The maximum absolute atomic E-state index is 13.6. The Hall–Kier alpha value is -1.95. The minimum absolute atomic E-state index is 0.0843. The van der Waals surface area contributed by atoms with Crippen LogP contribution in [0, 0.1) is 11.6 Å². The van der Waals surface area contributed by atoms with Gasteiger partial charge in [0.15, 0.2) is 0 Å². The van der Waals surface area contributed by atoms with Crippen LogP contribution in [0.2, 0.25) is 0 Å². The van der Waals surface area contributed by atoms with Crippen LogP contribution >= 0.6 is 15.9 Å². The Bertz CT molecular complexity index is 662.